The third-order valence-electron chi connectivity index (χ3n) is 3.41. The fourth-order valence-electron chi connectivity index (χ4n) is 2.28. The molecule has 2 aromatic heterocycles. The average Bonchev–Trinajstić information content (AvgIpc) is 3.10. The number of aryl methyl sites for hydroxylation is 1. The number of imidazole rings is 1. The number of hydrogen-bond donors (Lipinski definition) is 0. The van der Waals surface area contributed by atoms with E-state index in [1.807, 2.05) is 29.8 Å². The normalized spacial score (nSPS) is 11.3. The largest absolute Gasteiger partial charge is 0.337 e. The molecule has 2 heterocycles. The molecule has 6 nitrogen and oxygen atoms in total. The van der Waals surface area contributed by atoms with Crippen LogP contribution in [0.4, 0.5) is 0 Å². The van der Waals surface area contributed by atoms with E-state index in [1.54, 1.807) is 6.20 Å². The minimum atomic E-state index is 0.539. The number of hydrogen-bond acceptors (Lipinski definition) is 5. The Hall–Kier alpha value is -2.47. The molecule has 0 unspecified atom stereocenters. The third kappa shape index (κ3) is 3.23. The Bertz CT molecular complexity index is 742. The molecule has 0 saturated heterocycles. The molecule has 114 valence electrons. The van der Waals surface area contributed by atoms with Crippen LogP contribution in [0, 0.1) is 6.92 Å². The van der Waals surface area contributed by atoms with Gasteiger partial charge in [0, 0.05) is 24.5 Å². The first-order chi connectivity index (χ1) is 10.6. The van der Waals surface area contributed by atoms with Crippen LogP contribution < -0.4 is 0 Å². The van der Waals surface area contributed by atoms with Crippen molar-refractivity contribution in [3.05, 3.63) is 53.9 Å². The van der Waals surface area contributed by atoms with Crippen molar-refractivity contribution in [2.75, 3.05) is 14.1 Å². The maximum absolute atomic E-state index is 5.32. The van der Waals surface area contributed by atoms with Gasteiger partial charge in [-0.15, -0.1) is 0 Å². The minimum Gasteiger partial charge on any atom is -0.337 e. The van der Waals surface area contributed by atoms with Crippen LogP contribution in [0.5, 0.6) is 0 Å². The molecule has 3 aromatic rings. The summed E-state index contributed by atoms with van der Waals surface area (Å²) in [7, 11) is 4.11. The topological polar surface area (TPSA) is 60.0 Å². The first-order valence-electron chi connectivity index (χ1n) is 7.16. The van der Waals surface area contributed by atoms with Crippen LogP contribution in [-0.4, -0.2) is 38.7 Å². The van der Waals surface area contributed by atoms with Gasteiger partial charge < -0.3 is 14.0 Å². The van der Waals surface area contributed by atoms with Crippen LogP contribution in [0.1, 0.15) is 17.3 Å². The summed E-state index contributed by atoms with van der Waals surface area (Å²) in [5.74, 6) is 2.12. The summed E-state index contributed by atoms with van der Waals surface area (Å²) in [4.78, 5) is 10.8. The molecular formula is C16H19N5O. The van der Waals surface area contributed by atoms with Gasteiger partial charge in [0.25, 0.3) is 0 Å². The van der Waals surface area contributed by atoms with E-state index in [0.29, 0.717) is 18.3 Å². The van der Waals surface area contributed by atoms with Crippen molar-refractivity contribution in [2.45, 2.75) is 20.0 Å². The summed E-state index contributed by atoms with van der Waals surface area (Å²) in [6, 6.07) is 8.22. The third-order valence-corrected chi connectivity index (χ3v) is 3.41. The highest BCUT2D eigenvalue weighted by atomic mass is 16.5. The molecule has 1 aromatic carbocycles. The van der Waals surface area contributed by atoms with Gasteiger partial charge in [0.05, 0.1) is 0 Å². The van der Waals surface area contributed by atoms with Crippen LogP contribution in [-0.2, 0) is 13.1 Å². The molecule has 0 bridgehead atoms. The molecule has 3 rings (SSSR count). The molecule has 0 spiro atoms. The zero-order valence-corrected chi connectivity index (χ0v) is 13.0. The fraction of sp³-hybridized carbons (Fsp3) is 0.312. The molecule has 0 amide bonds. The van der Waals surface area contributed by atoms with Gasteiger partial charge in [-0.05, 0) is 26.6 Å². The van der Waals surface area contributed by atoms with Gasteiger partial charge in [0.2, 0.25) is 11.7 Å². The summed E-state index contributed by atoms with van der Waals surface area (Å²) < 4.78 is 7.29. The van der Waals surface area contributed by atoms with Gasteiger partial charge in [-0.3, -0.25) is 0 Å². The summed E-state index contributed by atoms with van der Waals surface area (Å²) >= 11 is 0. The van der Waals surface area contributed by atoms with Crippen molar-refractivity contribution < 1.29 is 4.52 Å². The quantitative estimate of drug-likeness (QED) is 0.723. The highest BCUT2D eigenvalue weighted by Gasteiger charge is 2.10. The van der Waals surface area contributed by atoms with Gasteiger partial charge >= 0.3 is 0 Å². The van der Waals surface area contributed by atoms with Crippen molar-refractivity contribution in [3.8, 4) is 11.4 Å². The standard InChI is InChI=1S/C16H19N5O/c1-12-17-8-9-21(12)11-15-18-16(19-22-15)14-6-4-13(5-7-14)10-20(2)3/h4-9H,10-11H2,1-3H3. The Morgan fingerprint density at radius 3 is 2.59 bits per heavy atom. The molecule has 0 atom stereocenters. The second-order valence-electron chi connectivity index (χ2n) is 5.55. The number of benzene rings is 1. The van der Waals surface area contributed by atoms with E-state index in [4.69, 9.17) is 4.52 Å². The van der Waals surface area contributed by atoms with Crippen molar-refractivity contribution >= 4 is 0 Å². The number of nitrogens with zero attached hydrogens (tertiary/aromatic N) is 5. The van der Waals surface area contributed by atoms with E-state index in [9.17, 15) is 0 Å². The van der Waals surface area contributed by atoms with Crippen molar-refractivity contribution in [3.63, 3.8) is 0 Å². The Balaban J connectivity index is 1.74. The lowest BCUT2D eigenvalue weighted by Crippen LogP contribution is -2.10. The lowest BCUT2D eigenvalue weighted by molar-refractivity contribution is 0.370. The molecule has 22 heavy (non-hydrogen) atoms. The Morgan fingerprint density at radius 1 is 1.18 bits per heavy atom. The monoisotopic (exact) mass is 297 g/mol. The average molecular weight is 297 g/mol. The lowest BCUT2D eigenvalue weighted by Gasteiger charge is -2.09. The highest BCUT2D eigenvalue weighted by molar-refractivity contribution is 5.54. The molecule has 0 fully saturated rings. The van der Waals surface area contributed by atoms with E-state index >= 15 is 0 Å². The maximum Gasteiger partial charge on any atom is 0.246 e. The number of rotatable bonds is 5. The fourth-order valence-corrected chi connectivity index (χ4v) is 2.28. The first kappa shape index (κ1) is 14.5. The van der Waals surface area contributed by atoms with Crippen LogP contribution in [0.3, 0.4) is 0 Å². The molecule has 0 radical (unpaired) electrons. The zero-order valence-electron chi connectivity index (χ0n) is 13.0. The predicted octanol–water partition coefficient (Wildman–Crippen LogP) is 2.35. The van der Waals surface area contributed by atoms with Gasteiger partial charge in [-0.2, -0.15) is 4.98 Å². The SMILES string of the molecule is Cc1nccn1Cc1nc(-c2ccc(CN(C)C)cc2)no1. The van der Waals surface area contributed by atoms with Gasteiger partial charge in [0.1, 0.15) is 12.4 Å². The smallest absolute Gasteiger partial charge is 0.246 e. The van der Waals surface area contributed by atoms with E-state index in [1.165, 1.54) is 5.56 Å². The summed E-state index contributed by atoms with van der Waals surface area (Å²) in [6.07, 6.45) is 3.66. The molecule has 0 aliphatic carbocycles. The Morgan fingerprint density at radius 2 is 1.95 bits per heavy atom. The van der Waals surface area contributed by atoms with Crippen LogP contribution in [0.25, 0.3) is 11.4 Å². The summed E-state index contributed by atoms with van der Waals surface area (Å²) in [5, 5.41) is 4.06. The minimum absolute atomic E-state index is 0.539. The second-order valence-corrected chi connectivity index (χ2v) is 5.55. The van der Waals surface area contributed by atoms with E-state index in [0.717, 1.165) is 17.9 Å². The molecule has 0 saturated carbocycles. The molecule has 0 aliphatic heterocycles. The van der Waals surface area contributed by atoms with E-state index in [2.05, 4.69) is 46.3 Å². The summed E-state index contributed by atoms with van der Waals surface area (Å²) in [6.45, 7) is 3.40. The van der Waals surface area contributed by atoms with Crippen molar-refractivity contribution in [2.24, 2.45) is 0 Å². The van der Waals surface area contributed by atoms with Crippen molar-refractivity contribution in [1.82, 2.24) is 24.6 Å². The first-order valence-corrected chi connectivity index (χ1v) is 7.16. The van der Waals surface area contributed by atoms with Gasteiger partial charge in [-0.1, -0.05) is 29.4 Å². The Labute approximate surface area is 129 Å². The van der Waals surface area contributed by atoms with E-state index in [-0.39, 0.29) is 0 Å². The molecule has 6 heteroatoms. The molecule has 0 aliphatic rings. The van der Waals surface area contributed by atoms with Crippen LogP contribution in [0.2, 0.25) is 0 Å². The van der Waals surface area contributed by atoms with Gasteiger partial charge in [0.15, 0.2) is 0 Å². The highest BCUT2D eigenvalue weighted by Crippen LogP contribution is 2.17. The van der Waals surface area contributed by atoms with Gasteiger partial charge in [-0.25, -0.2) is 4.98 Å². The predicted molar refractivity (Wildman–Crippen MR) is 83.2 cm³/mol. The number of aromatic nitrogens is 4. The molecular weight excluding hydrogens is 278 g/mol. The van der Waals surface area contributed by atoms with Crippen LogP contribution >= 0.6 is 0 Å². The Kier molecular flexibility index (Phi) is 4.02. The van der Waals surface area contributed by atoms with E-state index < -0.39 is 0 Å². The molecule has 0 N–H and O–H groups in total. The summed E-state index contributed by atoms with van der Waals surface area (Å²) in [5.41, 5.74) is 2.21. The lowest BCUT2D eigenvalue weighted by atomic mass is 10.1. The second kappa shape index (κ2) is 6.11. The van der Waals surface area contributed by atoms with Crippen molar-refractivity contribution in [1.29, 1.82) is 0 Å². The van der Waals surface area contributed by atoms with Crippen LogP contribution in [0.15, 0.2) is 41.2 Å². The maximum atomic E-state index is 5.32. The zero-order chi connectivity index (χ0) is 15.5.